The third-order valence-electron chi connectivity index (χ3n) is 4.33. The van der Waals surface area contributed by atoms with Crippen LogP contribution in [0.15, 0.2) is 4.99 Å². The lowest BCUT2D eigenvalue weighted by molar-refractivity contribution is 0.0972. The molecule has 1 aromatic rings. The van der Waals surface area contributed by atoms with Crippen molar-refractivity contribution < 1.29 is 4.79 Å². The minimum absolute atomic E-state index is 0. The molecule has 1 amide bonds. The average molecular weight is 485 g/mol. The second-order valence-corrected chi connectivity index (χ2v) is 7.72. The minimum atomic E-state index is -0.620. The molecule has 0 aliphatic rings. The Morgan fingerprint density at radius 1 is 0.967 bits per heavy atom. The Labute approximate surface area is 197 Å². The van der Waals surface area contributed by atoms with E-state index in [2.05, 4.69) is 34.1 Å². The first-order valence-electron chi connectivity index (χ1n) is 10.0. The van der Waals surface area contributed by atoms with Crippen LogP contribution in [-0.2, 0) is 0 Å². The largest absolute Gasteiger partial charge is 0.382 e. The van der Waals surface area contributed by atoms with E-state index in [0.29, 0.717) is 6.54 Å². The third kappa shape index (κ3) is 12.9. The molecule has 0 bridgehead atoms. The number of amides is 1. The van der Waals surface area contributed by atoms with Crippen LogP contribution in [0.3, 0.4) is 0 Å². The lowest BCUT2D eigenvalue weighted by Crippen LogP contribution is -2.38. The number of nitrogens with two attached hydrogens (primary N) is 3. The number of anilines is 2. The zero-order chi connectivity index (χ0) is 20.9. The summed E-state index contributed by atoms with van der Waals surface area (Å²) in [6.07, 6.45) is 11.1. The van der Waals surface area contributed by atoms with Crippen molar-refractivity contribution in [1.29, 1.82) is 0 Å². The summed E-state index contributed by atoms with van der Waals surface area (Å²) in [5.41, 5.74) is 16.7. The molecule has 0 fully saturated rings. The number of nitrogen functional groups attached to an aromatic ring is 2. The van der Waals surface area contributed by atoms with Crippen LogP contribution in [0.4, 0.5) is 11.6 Å². The SMILES string of the molecule is CC(C)CCCCCCCCCCN=C(N)NC(=O)c1nc(Cl)c(N)nc1N.Cl.Cl. The van der Waals surface area contributed by atoms with Gasteiger partial charge in [-0.1, -0.05) is 76.8 Å². The Morgan fingerprint density at radius 2 is 1.50 bits per heavy atom. The van der Waals surface area contributed by atoms with Gasteiger partial charge in [-0.2, -0.15) is 0 Å². The molecule has 11 heteroatoms. The van der Waals surface area contributed by atoms with Gasteiger partial charge >= 0.3 is 0 Å². The van der Waals surface area contributed by atoms with Gasteiger partial charge in [-0.25, -0.2) is 9.97 Å². The molecule has 0 atom stereocenters. The fraction of sp³-hybridized carbons (Fsp3) is 0.684. The molecule has 174 valence electrons. The van der Waals surface area contributed by atoms with Crippen molar-refractivity contribution in [3.8, 4) is 0 Å². The van der Waals surface area contributed by atoms with E-state index >= 15 is 0 Å². The molecule has 7 N–H and O–H groups in total. The van der Waals surface area contributed by atoms with Crippen molar-refractivity contribution in [3.05, 3.63) is 10.8 Å². The predicted octanol–water partition coefficient (Wildman–Crippen LogP) is 4.35. The molecule has 0 spiro atoms. The maximum atomic E-state index is 12.1. The summed E-state index contributed by atoms with van der Waals surface area (Å²) in [5.74, 6) is 0.0617. The lowest BCUT2D eigenvalue weighted by Gasteiger charge is -2.07. The van der Waals surface area contributed by atoms with E-state index in [4.69, 9.17) is 28.8 Å². The van der Waals surface area contributed by atoms with Gasteiger partial charge in [-0.15, -0.1) is 24.8 Å². The van der Waals surface area contributed by atoms with Gasteiger partial charge < -0.3 is 17.2 Å². The minimum Gasteiger partial charge on any atom is -0.382 e. The van der Waals surface area contributed by atoms with E-state index in [9.17, 15) is 4.79 Å². The monoisotopic (exact) mass is 483 g/mol. The highest BCUT2D eigenvalue weighted by Gasteiger charge is 2.16. The van der Waals surface area contributed by atoms with Crippen LogP contribution in [-0.4, -0.2) is 28.4 Å². The molecule has 0 unspecified atom stereocenters. The summed E-state index contributed by atoms with van der Waals surface area (Å²) in [7, 11) is 0. The Hall–Kier alpha value is -1.51. The van der Waals surface area contributed by atoms with E-state index in [-0.39, 0.29) is 53.3 Å². The topological polar surface area (TPSA) is 145 Å². The summed E-state index contributed by atoms with van der Waals surface area (Å²) in [6.45, 7) is 5.11. The van der Waals surface area contributed by atoms with Gasteiger partial charge in [0.15, 0.2) is 28.4 Å². The number of nitrogens with zero attached hydrogens (tertiary/aromatic N) is 3. The van der Waals surface area contributed by atoms with Gasteiger partial charge in [0.25, 0.3) is 5.91 Å². The second kappa shape index (κ2) is 17.2. The molecule has 1 heterocycles. The molecule has 0 radical (unpaired) electrons. The maximum absolute atomic E-state index is 12.1. The van der Waals surface area contributed by atoms with Crippen molar-refractivity contribution in [2.75, 3.05) is 18.0 Å². The van der Waals surface area contributed by atoms with E-state index in [1.165, 1.54) is 44.9 Å². The zero-order valence-corrected chi connectivity index (χ0v) is 20.2. The van der Waals surface area contributed by atoms with Crippen LogP contribution in [0.1, 0.15) is 82.1 Å². The molecule has 0 aliphatic heterocycles. The van der Waals surface area contributed by atoms with Crippen molar-refractivity contribution >= 4 is 59.9 Å². The van der Waals surface area contributed by atoms with E-state index in [1.807, 2.05) is 0 Å². The Morgan fingerprint density at radius 3 is 2.07 bits per heavy atom. The highest BCUT2D eigenvalue weighted by molar-refractivity contribution is 6.31. The quantitative estimate of drug-likeness (QED) is 0.197. The average Bonchev–Trinajstić information content (AvgIpc) is 2.62. The number of unbranched alkanes of at least 4 members (excludes halogenated alkanes) is 7. The molecule has 30 heavy (non-hydrogen) atoms. The van der Waals surface area contributed by atoms with E-state index in [0.717, 1.165) is 18.8 Å². The summed E-state index contributed by atoms with van der Waals surface area (Å²) in [6, 6.07) is 0. The fourth-order valence-electron chi connectivity index (χ4n) is 2.75. The molecule has 8 nitrogen and oxygen atoms in total. The highest BCUT2D eigenvalue weighted by Crippen LogP contribution is 2.17. The molecule has 0 aromatic carbocycles. The van der Waals surface area contributed by atoms with Crippen molar-refractivity contribution in [1.82, 2.24) is 15.3 Å². The second-order valence-electron chi connectivity index (χ2n) is 7.37. The van der Waals surface area contributed by atoms with Crippen LogP contribution in [0.25, 0.3) is 0 Å². The molecule has 1 aromatic heterocycles. The lowest BCUT2D eigenvalue weighted by atomic mass is 10.0. The molecule has 0 saturated carbocycles. The van der Waals surface area contributed by atoms with Crippen LogP contribution >= 0.6 is 36.4 Å². The molecule has 0 saturated heterocycles. The molecule has 1 rings (SSSR count). The van der Waals surface area contributed by atoms with Crippen LogP contribution in [0.5, 0.6) is 0 Å². The predicted molar refractivity (Wildman–Crippen MR) is 131 cm³/mol. The van der Waals surface area contributed by atoms with Crippen LogP contribution in [0, 0.1) is 5.92 Å². The van der Waals surface area contributed by atoms with E-state index in [1.54, 1.807) is 0 Å². The smallest absolute Gasteiger partial charge is 0.280 e. The fourth-order valence-corrected chi connectivity index (χ4v) is 2.88. The maximum Gasteiger partial charge on any atom is 0.280 e. The summed E-state index contributed by atoms with van der Waals surface area (Å²) >= 11 is 5.76. The summed E-state index contributed by atoms with van der Waals surface area (Å²) in [4.78, 5) is 23.8. The zero-order valence-electron chi connectivity index (χ0n) is 17.8. The summed E-state index contributed by atoms with van der Waals surface area (Å²) in [5, 5.41) is 2.34. The number of carbonyl (C=O) groups excluding carboxylic acids is 1. The highest BCUT2D eigenvalue weighted by atomic mass is 35.5. The van der Waals surface area contributed by atoms with Gasteiger partial charge in [0, 0.05) is 6.54 Å². The van der Waals surface area contributed by atoms with Gasteiger partial charge in [-0.3, -0.25) is 15.1 Å². The van der Waals surface area contributed by atoms with Gasteiger partial charge in [-0.05, 0) is 12.3 Å². The number of nitrogens with one attached hydrogen (secondary N) is 1. The molecule has 0 aliphatic carbocycles. The Bertz CT molecular complexity index is 657. The number of hydrogen-bond acceptors (Lipinski definition) is 6. The van der Waals surface area contributed by atoms with Crippen molar-refractivity contribution in [3.63, 3.8) is 0 Å². The molecular formula is C19H36Cl3N7O. The Balaban J connectivity index is 0. The first-order valence-corrected chi connectivity index (χ1v) is 10.4. The van der Waals surface area contributed by atoms with Crippen LogP contribution in [0.2, 0.25) is 5.15 Å². The number of rotatable bonds is 12. The normalized spacial score (nSPS) is 11.0. The summed E-state index contributed by atoms with van der Waals surface area (Å²) < 4.78 is 0. The van der Waals surface area contributed by atoms with Gasteiger partial charge in [0.2, 0.25) is 0 Å². The van der Waals surface area contributed by atoms with Crippen LogP contribution < -0.4 is 22.5 Å². The standard InChI is InChI=1S/C19H34ClN7O.2ClH/c1-13(2)11-9-7-5-3-4-6-8-10-12-24-19(23)27-18(28)14-16(21)26-17(22)15(20)25-14;;/h13H,3-12H2,1-2H3,(H4,21,22,26)(H3,23,24,27,28);2*1H. The van der Waals surface area contributed by atoms with Gasteiger partial charge in [0.05, 0.1) is 0 Å². The Kier molecular flexibility index (Phi) is 17.6. The number of carbonyl (C=O) groups is 1. The van der Waals surface area contributed by atoms with Gasteiger partial charge in [0.1, 0.15) is 0 Å². The van der Waals surface area contributed by atoms with Crippen molar-refractivity contribution in [2.24, 2.45) is 16.6 Å². The first-order chi connectivity index (χ1) is 13.3. The number of hydrogen-bond donors (Lipinski definition) is 4. The first kappa shape index (κ1) is 30.7. The van der Waals surface area contributed by atoms with E-state index < -0.39 is 5.91 Å². The number of aliphatic imine (C=N–C) groups is 1. The third-order valence-corrected chi connectivity index (χ3v) is 4.61. The molecular weight excluding hydrogens is 449 g/mol. The number of aromatic nitrogens is 2. The number of guanidine groups is 1. The number of halogens is 3. The van der Waals surface area contributed by atoms with Crippen molar-refractivity contribution in [2.45, 2.75) is 71.6 Å².